The average molecular weight is 272 g/mol. The van der Waals surface area contributed by atoms with Crippen LogP contribution < -0.4 is 0 Å². The standard InChI is InChI=1S/C18H24O2/c1-14(2)18(19)20-13-12-15-8-10-17(11-9-15)16-6-4-3-5-7-16/h8-11,16H,1,3-7,12-13H2,2H3. The van der Waals surface area contributed by atoms with Gasteiger partial charge >= 0.3 is 5.97 Å². The number of esters is 1. The smallest absolute Gasteiger partial charge is 0.333 e. The maximum Gasteiger partial charge on any atom is 0.333 e. The van der Waals surface area contributed by atoms with E-state index in [1.54, 1.807) is 6.92 Å². The predicted molar refractivity (Wildman–Crippen MR) is 81.7 cm³/mol. The van der Waals surface area contributed by atoms with Gasteiger partial charge in [0.2, 0.25) is 0 Å². The van der Waals surface area contributed by atoms with Gasteiger partial charge < -0.3 is 4.74 Å². The maximum atomic E-state index is 11.3. The SMILES string of the molecule is C=C(C)C(=O)OCCc1ccc(C2CCCCC2)cc1. The highest BCUT2D eigenvalue weighted by Crippen LogP contribution is 2.32. The van der Waals surface area contributed by atoms with E-state index >= 15 is 0 Å². The molecule has 1 fully saturated rings. The Bertz CT molecular complexity index is 453. The van der Waals surface area contributed by atoms with Gasteiger partial charge in [-0.15, -0.1) is 0 Å². The summed E-state index contributed by atoms with van der Waals surface area (Å²) in [6.45, 7) is 5.66. The topological polar surface area (TPSA) is 26.3 Å². The molecule has 1 aliphatic carbocycles. The second-order valence-electron chi connectivity index (χ2n) is 5.74. The molecule has 108 valence electrons. The molecule has 1 aliphatic rings. The average Bonchev–Trinajstić information content (AvgIpc) is 2.48. The third-order valence-corrected chi connectivity index (χ3v) is 4.03. The van der Waals surface area contributed by atoms with Crippen LogP contribution in [0.2, 0.25) is 0 Å². The Morgan fingerprint density at radius 1 is 1.20 bits per heavy atom. The van der Waals surface area contributed by atoms with Gasteiger partial charge in [-0.2, -0.15) is 0 Å². The van der Waals surface area contributed by atoms with Gasteiger partial charge in [-0.25, -0.2) is 4.79 Å². The van der Waals surface area contributed by atoms with Crippen LogP contribution in [-0.2, 0) is 16.0 Å². The van der Waals surface area contributed by atoms with Crippen molar-refractivity contribution in [3.63, 3.8) is 0 Å². The molecule has 0 radical (unpaired) electrons. The Morgan fingerprint density at radius 3 is 2.45 bits per heavy atom. The lowest BCUT2D eigenvalue weighted by atomic mass is 9.84. The minimum Gasteiger partial charge on any atom is -0.462 e. The molecule has 0 spiro atoms. The van der Waals surface area contributed by atoms with Crippen LogP contribution in [0.3, 0.4) is 0 Å². The molecule has 2 heteroatoms. The van der Waals surface area contributed by atoms with Crippen LogP contribution in [-0.4, -0.2) is 12.6 Å². The monoisotopic (exact) mass is 272 g/mol. The Kier molecular flexibility index (Phi) is 5.40. The summed E-state index contributed by atoms with van der Waals surface area (Å²) in [5.41, 5.74) is 3.14. The molecule has 2 rings (SSSR count). The fraction of sp³-hybridized carbons (Fsp3) is 0.500. The molecule has 0 N–H and O–H groups in total. The fourth-order valence-corrected chi connectivity index (χ4v) is 2.78. The van der Waals surface area contributed by atoms with Crippen LogP contribution in [0.1, 0.15) is 56.1 Å². The van der Waals surface area contributed by atoms with Gasteiger partial charge in [0.05, 0.1) is 6.61 Å². The van der Waals surface area contributed by atoms with Crippen LogP contribution in [0, 0.1) is 0 Å². The van der Waals surface area contributed by atoms with Crippen LogP contribution in [0.4, 0.5) is 0 Å². The van der Waals surface area contributed by atoms with E-state index in [4.69, 9.17) is 4.74 Å². The van der Waals surface area contributed by atoms with Crippen LogP contribution in [0.5, 0.6) is 0 Å². The molecule has 0 unspecified atom stereocenters. The van der Waals surface area contributed by atoms with Gasteiger partial charge in [-0.05, 0) is 36.8 Å². The molecule has 0 heterocycles. The van der Waals surface area contributed by atoms with Crippen molar-refractivity contribution in [2.24, 2.45) is 0 Å². The normalized spacial score (nSPS) is 15.8. The van der Waals surface area contributed by atoms with E-state index in [0.29, 0.717) is 12.2 Å². The van der Waals surface area contributed by atoms with E-state index in [2.05, 4.69) is 30.8 Å². The number of ether oxygens (including phenoxy) is 1. The molecule has 0 amide bonds. The van der Waals surface area contributed by atoms with Gasteiger partial charge in [0.15, 0.2) is 0 Å². The zero-order chi connectivity index (χ0) is 14.4. The lowest BCUT2D eigenvalue weighted by Gasteiger charge is -2.22. The molecule has 0 aromatic heterocycles. The number of rotatable bonds is 5. The first kappa shape index (κ1) is 14.8. The highest BCUT2D eigenvalue weighted by atomic mass is 16.5. The second-order valence-corrected chi connectivity index (χ2v) is 5.74. The van der Waals surface area contributed by atoms with Gasteiger partial charge in [0, 0.05) is 12.0 Å². The Balaban J connectivity index is 1.82. The molecule has 0 atom stereocenters. The van der Waals surface area contributed by atoms with Crippen molar-refractivity contribution < 1.29 is 9.53 Å². The van der Waals surface area contributed by atoms with Crippen LogP contribution >= 0.6 is 0 Å². The summed E-state index contributed by atoms with van der Waals surface area (Å²) in [6.07, 6.45) is 7.55. The number of carbonyl (C=O) groups is 1. The minimum atomic E-state index is -0.302. The van der Waals surface area contributed by atoms with E-state index in [1.165, 1.54) is 43.2 Å². The summed E-state index contributed by atoms with van der Waals surface area (Å²) < 4.78 is 5.12. The van der Waals surface area contributed by atoms with E-state index in [9.17, 15) is 4.79 Å². The summed E-state index contributed by atoms with van der Waals surface area (Å²) in [5.74, 6) is 0.447. The summed E-state index contributed by atoms with van der Waals surface area (Å²) >= 11 is 0. The van der Waals surface area contributed by atoms with Crippen molar-refractivity contribution in [1.29, 1.82) is 0 Å². The summed E-state index contributed by atoms with van der Waals surface area (Å²) in [5, 5.41) is 0. The summed E-state index contributed by atoms with van der Waals surface area (Å²) in [6, 6.07) is 8.81. The third kappa shape index (κ3) is 4.22. The zero-order valence-electron chi connectivity index (χ0n) is 12.4. The van der Waals surface area contributed by atoms with Crippen molar-refractivity contribution in [1.82, 2.24) is 0 Å². The number of hydrogen-bond donors (Lipinski definition) is 0. The highest BCUT2D eigenvalue weighted by Gasteiger charge is 2.15. The number of carbonyl (C=O) groups excluding carboxylic acids is 1. The summed E-state index contributed by atoms with van der Waals surface area (Å²) in [7, 11) is 0. The van der Waals surface area contributed by atoms with E-state index < -0.39 is 0 Å². The Hall–Kier alpha value is -1.57. The minimum absolute atomic E-state index is 0.302. The van der Waals surface area contributed by atoms with Gasteiger partial charge in [-0.3, -0.25) is 0 Å². The molecular weight excluding hydrogens is 248 g/mol. The summed E-state index contributed by atoms with van der Waals surface area (Å²) in [4.78, 5) is 11.3. The Labute approximate surface area is 121 Å². The van der Waals surface area contributed by atoms with Gasteiger partial charge in [-0.1, -0.05) is 50.1 Å². The van der Waals surface area contributed by atoms with Crippen molar-refractivity contribution in [3.8, 4) is 0 Å². The molecule has 0 saturated heterocycles. The molecular formula is C18H24O2. The fourth-order valence-electron chi connectivity index (χ4n) is 2.78. The second kappa shape index (κ2) is 7.28. The van der Waals surface area contributed by atoms with Crippen LogP contribution in [0.25, 0.3) is 0 Å². The molecule has 1 aromatic carbocycles. The van der Waals surface area contributed by atoms with Crippen molar-refractivity contribution in [3.05, 3.63) is 47.5 Å². The van der Waals surface area contributed by atoms with Gasteiger partial charge in [0.25, 0.3) is 0 Å². The lowest BCUT2D eigenvalue weighted by molar-refractivity contribution is -0.138. The van der Waals surface area contributed by atoms with Crippen molar-refractivity contribution in [2.75, 3.05) is 6.61 Å². The van der Waals surface area contributed by atoms with Gasteiger partial charge in [0.1, 0.15) is 0 Å². The predicted octanol–water partition coefficient (Wildman–Crippen LogP) is 4.40. The number of hydrogen-bond acceptors (Lipinski definition) is 2. The first-order valence-electron chi connectivity index (χ1n) is 7.58. The molecule has 2 nitrogen and oxygen atoms in total. The molecule has 1 aromatic rings. The number of benzene rings is 1. The third-order valence-electron chi connectivity index (χ3n) is 4.03. The van der Waals surface area contributed by atoms with E-state index in [0.717, 1.165) is 12.3 Å². The largest absolute Gasteiger partial charge is 0.462 e. The highest BCUT2D eigenvalue weighted by molar-refractivity contribution is 5.86. The first-order chi connectivity index (χ1) is 9.66. The molecule has 1 saturated carbocycles. The quantitative estimate of drug-likeness (QED) is 0.586. The first-order valence-corrected chi connectivity index (χ1v) is 7.58. The maximum absolute atomic E-state index is 11.3. The van der Waals surface area contributed by atoms with E-state index in [-0.39, 0.29) is 5.97 Å². The zero-order valence-corrected chi connectivity index (χ0v) is 12.4. The molecule has 20 heavy (non-hydrogen) atoms. The van der Waals surface area contributed by atoms with Crippen LogP contribution in [0.15, 0.2) is 36.4 Å². The molecule has 0 bridgehead atoms. The van der Waals surface area contributed by atoms with Crippen molar-refractivity contribution >= 4 is 5.97 Å². The molecule has 0 aliphatic heterocycles. The Morgan fingerprint density at radius 2 is 1.85 bits per heavy atom. The van der Waals surface area contributed by atoms with E-state index in [1.807, 2.05) is 0 Å². The lowest BCUT2D eigenvalue weighted by Crippen LogP contribution is -2.08. The van der Waals surface area contributed by atoms with Crippen molar-refractivity contribution in [2.45, 2.75) is 51.4 Å².